The molecule has 1 aliphatic rings. The van der Waals surface area contributed by atoms with E-state index in [-0.39, 0.29) is 5.60 Å². The Balaban J connectivity index is 1.36. The van der Waals surface area contributed by atoms with E-state index in [4.69, 9.17) is 9.26 Å². The summed E-state index contributed by atoms with van der Waals surface area (Å²) in [6.07, 6.45) is 3.35. The average molecular weight is 400 g/mol. The van der Waals surface area contributed by atoms with Gasteiger partial charge >= 0.3 is 0 Å². The van der Waals surface area contributed by atoms with Crippen LogP contribution in [0.15, 0.2) is 65.2 Å². The summed E-state index contributed by atoms with van der Waals surface area (Å²) in [4.78, 5) is 4.57. The second-order valence-corrected chi connectivity index (χ2v) is 7.87. The topological polar surface area (TPSA) is 66.0 Å². The zero-order valence-corrected chi connectivity index (χ0v) is 17.2. The molecule has 0 amide bonds. The number of rotatable bonds is 6. The van der Waals surface area contributed by atoms with Crippen LogP contribution in [0.5, 0.6) is 0 Å². The van der Waals surface area contributed by atoms with Gasteiger partial charge in [0.25, 0.3) is 5.89 Å². The van der Waals surface area contributed by atoms with Gasteiger partial charge in [-0.25, -0.2) is 0 Å². The van der Waals surface area contributed by atoms with Gasteiger partial charge in [0.15, 0.2) is 5.69 Å². The lowest BCUT2D eigenvalue weighted by Crippen LogP contribution is -2.35. The third kappa shape index (κ3) is 3.33. The first kappa shape index (κ1) is 18.8. The molecule has 1 fully saturated rings. The minimum atomic E-state index is -0.121. The van der Waals surface area contributed by atoms with Crippen molar-refractivity contribution in [2.75, 3.05) is 7.11 Å². The summed E-state index contributed by atoms with van der Waals surface area (Å²) in [5.41, 5.74) is 4.93. The van der Waals surface area contributed by atoms with Crippen LogP contribution in [-0.2, 0) is 16.9 Å². The van der Waals surface area contributed by atoms with E-state index in [0.717, 1.165) is 24.1 Å². The van der Waals surface area contributed by atoms with Gasteiger partial charge in [-0.05, 0) is 43.4 Å². The van der Waals surface area contributed by atoms with Crippen molar-refractivity contribution in [3.63, 3.8) is 0 Å². The van der Waals surface area contributed by atoms with Crippen molar-refractivity contribution in [2.24, 2.45) is 0 Å². The Morgan fingerprint density at radius 1 is 1.07 bits per heavy atom. The molecule has 0 N–H and O–H groups in total. The van der Waals surface area contributed by atoms with Gasteiger partial charge in [0.1, 0.15) is 0 Å². The number of hydrogen-bond acceptors (Lipinski definition) is 5. The van der Waals surface area contributed by atoms with Gasteiger partial charge < -0.3 is 9.26 Å². The predicted octanol–water partition coefficient (Wildman–Crippen LogP) is 4.98. The summed E-state index contributed by atoms with van der Waals surface area (Å²) in [6, 6.07) is 20.5. The van der Waals surface area contributed by atoms with Gasteiger partial charge in [0, 0.05) is 18.4 Å². The van der Waals surface area contributed by atoms with Crippen LogP contribution in [0.4, 0.5) is 0 Å². The first-order valence-corrected chi connectivity index (χ1v) is 10.3. The second kappa shape index (κ2) is 7.54. The highest BCUT2D eigenvalue weighted by molar-refractivity contribution is 5.58. The normalized spacial score (nSPS) is 15.1. The summed E-state index contributed by atoms with van der Waals surface area (Å²) < 4.78 is 13.2. The molecule has 2 aromatic heterocycles. The van der Waals surface area contributed by atoms with Gasteiger partial charge in [-0.1, -0.05) is 59.8 Å². The molecule has 0 aliphatic heterocycles. The zero-order chi connectivity index (χ0) is 20.6. The van der Waals surface area contributed by atoms with Gasteiger partial charge in [-0.2, -0.15) is 10.1 Å². The Kier molecular flexibility index (Phi) is 4.71. The van der Waals surface area contributed by atoms with E-state index >= 15 is 0 Å². The lowest BCUT2D eigenvalue weighted by atomic mass is 9.75. The molecule has 2 aromatic carbocycles. The van der Waals surface area contributed by atoms with Crippen LogP contribution >= 0.6 is 0 Å². The maximum absolute atomic E-state index is 5.76. The lowest BCUT2D eigenvalue weighted by Gasteiger charge is -2.41. The van der Waals surface area contributed by atoms with Gasteiger partial charge in [0.2, 0.25) is 5.82 Å². The van der Waals surface area contributed by atoms with Crippen LogP contribution < -0.4 is 0 Å². The fourth-order valence-corrected chi connectivity index (χ4v) is 4.01. The average Bonchev–Trinajstić information content (AvgIpc) is 3.37. The van der Waals surface area contributed by atoms with E-state index in [1.54, 1.807) is 7.11 Å². The summed E-state index contributed by atoms with van der Waals surface area (Å²) in [7, 11) is 1.79. The Labute approximate surface area is 175 Å². The Morgan fingerprint density at radius 2 is 1.83 bits per heavy atom. The maximum atomic E-state index is 5.76. The minimum absolute atomic E-state index is 0.121. The van der Waals surface area contributed by atoms with E-state index in [1.807, 2.05) is 48.0 Å². The third-order valence-electron chi connectivity index (χ3n) is 6.02. The SMILES string of the molecule is COC1(c2ccc(-c3noc(-c4cc(C)n(Cc5ccccc5)n4)n3)cc2)CCC1. The fraction of sp³-hybridized carbons (Fsp3) is 0.292. The van der Waals surface area contributed by atoms with E-state index in [2.05, 4.69) is 39.5 Å². The maximum Gasteiger partial charge on any atom is 0.278 e. The van der Waals surface area contributed by atoms with Crippen molar-refractivity contribution in [1.29, 1.82) is 0 Å². The Hall–Kier alpha value is -3.25. The summed E-state index contributed by atoms with van der Waals surface area (Å²) >= 11 is 0. The quantitative estimate of drug-likeness (QED) is 0.456. The Bertz CT molecular complexity index is 1140. The molecular formula is C24H24N4O2. The highest BCUT2D eigenvalue weighted by atomic mass is 16.5. The number of nitrogens with zero attached hydrogens (tertiary/aromatic N) is 4. The van der Waals surface area contributed by atoms with Crippen molar-refractivity contribution in [3.05, 3.63) is 77.5 Å². The molecule has 4 aromatic rings. The third-order valence-corrected chi connectivity index (χ3v) is 6.02. The molecule has 0 saturated heterocycles. The first-order valence-electron chi connectivity index (χ1n) is 10.3. The molecule has 2 heterocycles. The smallest absolute Gasteiger partial charge is 0.278 e. The van der Waals surface area contributed by atoms with Gasteiger partial charge in [-0.15, -0.1) is 0 Å². The highest BCUT2D eigenvalue weighted by Crippen LogP contribution is 2.44. The lowest BCUT2D eigenvalue weighted by molar-refractivity contribution is -0.0778. The minimum Gasteiger partial charge on any atom is -0.374 e. The molecule has 0 unspecified atom stereocenters. The standard InChI is InChI=1S/C24H24N4O2/c1-17-15-21(26-28(17)16-18-7-4-3-5-8-18)23-25-22(27-30-23)19-9-11-20(12-10-19)24(29-2)13-6-14-24/h3-5,7-12,15H,6,13-14,16H2,1-2H3. The summed E-state index contributed by atoms with van der Waals surface area (Å²) in [5, 5.41) is 8.83. The van der Waals surface area contributed by atoms with E-state index in [9.17, 15) is 0 Å². The predicted molar refractivity (Wildman–Crippen MR) is 114 cm³/mol. The van der Waals surface area contributed by atoms with Crippen molar-refractivity contribution in [1.82, 2.24) is 19.9 Å². The van der Waals surface area contributed by atoms with Crippen LogP contribution in [0.1, 0.15) is 36.1 Å². The van der Waals surface area contributed by atoms with E-state index < -0.39 is 0 Å². The van der Waals surface area contributed by atoms with Crippen molar-refractivity contribution < 1.29 is 9.26 Å². The molecule has 1 aliphatic carbocycles. The van der Waals surface area contributed by atoms with Crippen LogP contribution in [0.25, 0.3) is 23.0 Å². The molecule has 6 nitrogen and oxygen atoms in total. The number of hydrogen-bond donors (Lipinski definition) is 0. The number of benzene rings is 2. The number of aromatic nitrogens is 4. The summed E-state index contributed by atoms with van der Waals surface area (Å²) in [5.74, 6) is 0.989. The van der Waals surface area contributed by atoms with Crippen LogP contribution in [0.3, 0.4) is 0 Å². The summed E-state index contributed by atoms with van der Waals surface area (Å²) in [6.45, 7) is 2.73. The Morgan fingerprint density at radius 3 is 2.50 bits per heavy atom. The first-order chi connectivity index (χ1) is 14.7. The molecule has 6 heteroatoms. The molecule has 0 atom stereocenters. The number of methoxy groups -OCH3 is 1. The molecule has 0 spiro atoms. The molecule has 152 valence electrons. The molecule has 0 radical (unpaired) electrons. The second-order valence-electron chi connectivity index (χ2n) is 7.87. The molecule has 0 bridgehead atoms. The molecule has 5 rings (SSSR count). The molecule has 30 heavy (non-hydrogen) atoms. The fourth-order valence-electron chi connectivity index (χ4n) is 4.01. The van der Waals surface area contributed by atoms with Gasteiger partial charge in [-0.3, -0.25) is 4.68 Å². The molecule has 1 saturated carbocycles. The van der Waals surface area contributed by atoms with Gasteiger partial charge in [0.05, 0.1) is 12.1 Å². The van der Waals surface area contributed by atoms with Crippen molar-refractivity contribution in [2.45, 2.75) is 38.3 Å². The zero-order valence-electron chi connectivity index (χ0n) is 17.2. The molecular weight excluding hydrogens is 376 g/mol. The van der Waals surface area contributed by atoms with Crippen molar-refractivity contribution >= 4 is 0 Å². The monoisotopic (exact) mass is 400 g/mol. The van der Waals surface area contributed by atoms with Crippen LogP contribution in [-0.4, -0.2) is 27.0 Å². The number of aryl methyl sites for hydroxylation is 1. The van der Waals surface area contributed by atoms with Crippen LogP contribution in [0, 0.1) is 6.92 Å². The number of ether oxygens (including phenoxy) is 1. The van der Waals surface area contributed by atoms with E-state index in [1.165, 1.54) is 17.5 Å². The van der Waals surface area contributed by atoms with E-state index in [0.29, 0.717) is 24.0 Å². The van der Waals surface area contributed by atoms with Crippen molar-refractivity contribution in [3.8, 4) is 23.0 Å². The van der Waals surface area contributed by atoms with Crippen LogP contribution in [0.2, 0.25) is 0 Å². The largest absolute Gasteiger partial charge is 0.374 e. The highest BCUT2D eigenvalue weighted by Gasteiger charge is 2.38.